The molecule has 0 aliphatic heterocycles. The summed E-state index contributed by atoms with van der Waals surface area (Å²) in [5.41, 5.74) is -0.159. The summed E-state index contributed by atoms with van der Waals surface area (Å²) in [4.78, 5) is 13.1. The molecule has 2 aromatic rings. The molecule has 0 unspecified atom stereocenters. The number of carbonyl (C=O) groups excluding carboxylic acids is 1. The van der Waals surface area contributed by atoms with Crippen LogP contribution in [0.3, 0.4) is 0 Å². The molecule has 0 atom stereocenters. The lowest BCUT2D eigenvalue weighted by Crippen LogP contribution is -2.43. The molecular weight excluding hydrogens is 302 g/mol. The van der Waals surface area contributed by atoms with E-state index in [1.54, 1.807) is 0 Å². The zero-order chi connectivity index (χ0) is 15.5. The van der Waals surface area contributed by atoms with Crippen molar-refractivity contribution in [2.75, 3.05) is 5.75 Å². The highest BCUT2D eigenvalue weighted by atomic mass is 35.5. The maximum atomic E-state index is 12.0. The summed E-state index contributed by atoms with van der Waals surface area (Å²) in [6, 6.07) is 11.9. The predicted molar refractivity (Wildman–Crippen MR) is 92.2 cm³/mol. The van der Waals surface area contributed by atoms with Gasteiger partial charge >= 0.3 is 0 Å². The van der Waals surface area contributed by atoms with Crippen molar-refractivity contribution in [1.29, 1.82) is 0 Å². The highest BCUT2D eigenvalue weighted by Crippen LogP contribution is 2.33. The summed E-state index contributed by atoms with van der Waals surface area (Å²) in [6.07, 6.45) is 0.906. The molecule has 21 heavy (non-hydrogen) atoms. The van der Waals surface area contributed by atoms with Gasteiger partial charge in [-0.05, 0) is 37.8 Å². The Hall–Kier alpha value is -1.19. The number of amides is 1. The van der Waals surface area contributed by atoms with Crippen LogP contribution in [0, 0.1) is 0 Å². The van der Waals surface area contributed by atoms with Crippen LogP contribution in [0.5, 0.6) is 0 Å². The van der Waals surface area contributed by atoms with E-state index >= 15 is 0 Å². The first-order valence-corrected chi connectivity index (χ1v) is 8.40. The third-order valence-corrected chi connectivity index (χ3v) is 4.91. The molecule has 112 valence electrons. The van der Waals surface area contributed by atoms with Crippen molar-refractivity contribution in [1.82, 2.24) is 5.32 Å². The molecule has 0 radical (unpaired) electrons. The maximum absolute atomic E-state index is 12.0. The van der Waals surface area contributed by atoms with Crippen LogP contribution in [-0.4, -0.2) is 17.2 Å². The summed E-state index contributed by atoms with van der Waals surface area (Å²) in [6.45, 7) is 6.13. The first-order valence-electron chi connectivity index (χ1n) is 7.04. The van der Waals surface area contributed by atoms with Gasteiger partial charge in [-0.2, -0.15) is 0 Å². The second-order valence-corrected chi connectivity index (χ2v) is 7.09. The van der Waals surface area contributed by atoms with Gasteiger partial charge in [0.1, 0.15) is 0 Å². The number of rotatable bonds is 5. The topological polar surface area (TPSA) is 29.1 Å². The fourth-order valence-corrected chi connectivity index (χ4v) is 3.27. The van der Waals surface area contributed by atoms with E-state index in [-0.39, 0.29) is 11.4 Å². The third kappa shape index (κ3) is 4.14. The Balaban J connectivity index is 2.13. The van der Waals surface area contributed by atoms with Gasteiger partial charge in [0, 0.05) is 20.8 Å². The molecular formula is C17H20ClNOS. The molecule has 0 aromatic heterocycles. The molecule has 0 aliphatic carbocycles. The normalized spacial score (nSPS) is 11.6. The predicted octanol–water partition coefficient (Wildman–Crippen LogP) is 4.89. The summed E-state index contributed by atoms with van der Waals surface area (Å²) in [5, 5.41) is 5.89. The minimum atomic E-state index is -0.159. The van der Waals surface area contributed by atoms with E-state index in [0.717, 1.165) is 27.1 Å². The molecule has 0 saturated heterocycles. The lowest BCUT2D eigenvalue weighted by Gasteiger charge is -2.24. The fourth-order valence-electron chi connectivity index (χ4n) is 2.03. The van der Waals surface area contributed by atoms with Crippen LogP contribution in [-0.2, 0) is 4.79 Å². The summed E-state index contributed by atoms with van der Waals surface area (Å²) in [5.74, 6) is 0.448. The molecule has 4 heteroatoms. The van der Waals surface area contributed by atoms with E-state index in [0.29, 0.717) is 5.75 Å². The zero-order valence-corrected chi connectivity index (χ0v) is 14.1. The minimum Gasteiger partial charge on any atom is -0.351 e. The van der Waals surface area contributed by atoms with E-state index in [1.165, 1.54) is 11.8 Å². The Kier molecular flexibility index (Phi) is 5.17. The summed E-state index contributed by atoms with van der Waals surface area (Å²) < 4.78 is 0. The second kappa shape index (κ2) is 6.71. The lowest BCUT2D eigenvalue weighted by atomic mass is 10.0. The maximum Gasteiger partial charge on any atom is 0.230 e. The molecule has 0 bridgehead atoms. The number of benzene rings is 2. The number of hydrogen-bond acceptors (Lipinski definition) is 2. The molecule has 2 nitrogen and oxygen atoms in total. The van der Waals surface area contributed by atoms with E-state index < -0.39 is 0 Å². The van der Waals surface area contributed by atoms with Gasteiger partial charge in [0.25, 0.3) is 0 Å². The van der Waals surface area contributed by atoms with Crippen molar-refractivity contribution >= 4 is 40.0 Å². The van der Waals surface area contributed by atoms with Crippen molar-refractivity contribution in [3.05, 3.63) is 41.4 Å². The molecule has 0 heterocycles. The van der Waals surface area contributed by atoms with Crippen LogP contribution in [0.2, 0.25) is 5.02 Å². The number of fused-ring (bicyclic) bond motifs is 1. The fraction of sp³-hybridized carbons (Fsp3) is 0.353. The number of carbonyl (C=O) groups is 1. The SMILES string of the molecule is CCC(C)(C)NC(=O)CSc1cccc2cccc(Cl)c12. The van der Waals surface area contributed by atoms with E-state index in [4.69, 9.17) is 11.6 Å². The van der Waals surface area contributed by atoms with Gasteiger partial charge < -0.3 is 5.32 Å². The van der Waals surface area contributed by atoms with Gasteiger partial charge in [-0.3, -0.25) is 4.79 Å². The monoisotopic (exact) mass is 321 g/mol. The molecule has 0 aliphatic rings. The van der Waals surface area contributed by atoms with Crippen LogP contribution < -0.4 is 5.32 Å². The molecule has 0 saturated carbocycles. The third-order valence-electron chi connectivity index (χ3n) is 3.54. The van der Waals surface area contributed by atoms with Crippen molar-refractivity contribution in [2.24, 2.45) is 0 Å². The molecule has 0 fully saturated rings. The van der Waals surface area contributed by atoms with Crippen LogP contribution in [0.25, 0.3) is 10.8 Å². The van der Waals surface area contributed by atoms with Gasteiger partial charge in [0.05, 0.1) is 5.75 Å². The second-order valence-electron chi connectivity index (χ2n) is 5.67. The van der Waals surface area contributed by atoms with Crippen LogP contribution in [0.1, 0.15) is 27.2 Å². The average Bonchev–Trinajstić information content (AvgIpc) is 2.45. The van der Waals surface area contributed by atoms with Gasteiger partial charge in [-0.25, -0.2) is 0 Å². The van der Waals surface area contributed by atoms with E-state index in [9.17, 15) is 4.79 Å². The summed E-state index contributed by atoms with van der Waals surface area (Å²) >= 11 is 7.82. The average molecular weight is 322 g/mol. The van der Waals surface area contributed by atoms with Crippen LogP contribution in [0.15, 0.2) is 41.3 Å². The number of halogens is 1. The molecule has 1 N–H and O–H groups in total. The molecule has 1 amide bonds. The highest BCUT2D eigenvalue weighted by Gasteiger charge is 2.18. The minimum absolute atomic E-state index is 0.0518. The standard InChI is InChI=1S/C17H20ClNOS/c1-4-17(2,3)19-15(20)11-21-14-10-6-8-12-7-5-9-13(18)16(12)14/h5-10H,4,11H2,1-3H3,(H,19,20). The van der Waals surface area contributed by atoms with Gasteiger partial charge in [-0.15, -0.1) is 11.8 Å². The summed E-state index contributed by atoms with van der Waals surface area (Å²) in [7, 11) is 0. The molecule has 2 aromatic carbocycles. The van der Waals surface area contributed by atoms with Crippen molar-refractivity contribution < 1.29 is 4.79 Å². The van der Waals surface area contributed by atoms with Crippen LogP contribution in [0.4, 0.5) is 0 Å². The Bertz CT molecular complexity index is 649. The first kappa shape index (κ1) is 16.2. The van der Waals surface area contributed by atoms with Crippen molar-refractivity contribution in [3.63, 3.8) is 0 Å². The number of thioether (sulfide) groups is 1. The first-order chi connectivity index (χ1) is 9.93. The van der Waals surface area contributed by atoms with Gasteiger partial charge in [0.15, 0.2) is 0 Å². The molecule has 2 rings (SSSR count). The van der Waals surface area contributed by atoms with Crippen molar-refractivity contribution in [2.45, 2.75) is 37.6 Å². The Morgan fingerprint density at radius 2 is 1.90 bits per heavy atom. The van der Waals surface area contributed by atoms with Crippen molar-refractivity contribution in [3.8, 4) is 0 Å². The lowest BCUT2D eigenvalue weighted by molar-refractivity contribution is -0.120. The Morgan fingerprint density at radius 1 is 1.24 bits per heavy atom. The van der Waals surface area contributed by atoms with E-state index in [2.05, 4.69) is 12.2 Å². The zero-order valence-electron chi connectivity index (χ0n) is 12.6. The van der Waals surface area contributed by atoms with E-state index in [1.807, 2.05) is 50.2 Å². The Morgan fingerprint density at radius 3 is 2.57 bits per heavy atom. The number of hydrogen-bond donors (Lipinski definition) is 1. The van der Waals surface area contributed by atoms with Gasteiger partial charge in [0.2, 0.25) is 5.91 Å². The molecule has 0 spiro atoms. The highest BCUT2D eigenvalue weighted by molar-refractivity contribution is 8.00. The smallest absolute Gasteiger partial charge is 0.230 e. The Labute approximate surface area is 135 Å². The van der Waals surface area contributed by atoms with Crippen LogP contribution >= 0.6 is 23.4 Å². The quantitative estimate of drug-likeness (QED) is 0.794. The number of nitrogens with one attached hydrogen (secondary N) is 1. The largest absolute Gasteiger partial charge is 0.351 e. The van der Waals surface area contributed by atoms with Gasteiger partial charge in [-0.1, -0.05) is 42.8 Å².